The molecule has 10 heteroatoms. The summed E-state index contributed by atoms with van der Waals surface area (Å²) in [6.45, 7) is 3.70. The first kappa shape index (κ1) is 22.7. The molecule has 4 rings (SSSR count). The summed E-state index contributed by atoms with van der Waals surface area (Å²) in [5.74, 6) is -4.11. The fourth-order valence-electron chi connectivity index (χ4n) is 2.95. The summed E-state index contributed by atoms with van der Waals surface area (Å²) in [6.07, 6.45) is 1.53. The van der Waals surface area contributed by atoms with Crippen molar-refractivity contribution in [2.24, 2.45) is 0 Å². The third-order valence-corrected chi connectivity index (χ3v) is 4.54. The third kappa shape index (κ3) is 4.71. The molecule has 0 saturated heterocycles. The van der Waals surface area contributed by atoms with Gasteiger partial charge in [-0.2, -0.15) is 21.1 Å². The van der Waals surface area contributed by atoms with Crippen molar-refractivity contribution in [3.8, 4) is 16.9 Å². The Bertz CT molecular complexity index is 1200. The van der Waals surface area contributed by atoms with Gasteiger partial charge in [-0.25, -0.2) is 23.1 Å². The standard InChI is InChI=1S/C21H13F4N5.Pt/c1-21(2,16-6-7-30(29-16)13-10-19(24)28-20(25)11-13)15-5-3-4-14(26-15)12-8-17(22)27-18(23)9-12;/h3-8,10H,1-2H3;/q-2;+2. The molecule has 5 nitrogen and oxygen atoms in total. The van der Waals surface area contributed by atoms with Gasteiger partial charge in [0.05, 0.1) is 5.69 Å². The van der Waals surface area contributed by atoms with Crippen LogP contribution in [-0.2, 0) is 26.5 Å². The first-order chi connectivity index (χ1) is 14.2. The molecule has 0 radical (unpaired) electrons. The van der Waals surface area contributed by atoms with Crippen LogP contribution in [0.5, 0.6) is 0 Å². The minimum absolute atomic E-state index is 0. The van der Waals surface area contributed by atoms with Crippen LogP contribution in [0.1, 0.15) is 25.2 Å². The van der Waals surface area contributed by atoms with Gasteiger partial charge in [0.15, 0.2) is 11.9 Å². The van der Waals surface area contributed by atoms with E-state index in [9.17, 15) is 17.6 Å². The third-order valence-electron chi connectivity index (χ3n) is 4.54. The van der Waals surface area contributed by atoms with Crippen LogP contribution in [0.15, 0.2) is 42.6 Å². The molecule has 0 saturated carbocycles. The number of nitrogens with zero attached hydrogens (tertiary/aromatic N) is 5. The summed E-state index contributed by atoms with van der Waals surface area (Å²) < 4.78 is 54.9. The summed E-state index contributed by atoms with van der Waals surface area (Å²) in [4.78, 5) is 10.5. The average molecular weight is 606 g/mol. The SMILES string of the molecule is CC(C)(c1cccc(-c2[c-]c(F)nc(F)c2)n1)c1ccn(-c2[c-]c(F)nc(F)c2)n1.[Pt+2]. The number of rotatable bonds is 4. The van der Waals surface area contributed by atoms with E-state index in [-0.39, 0.29) is 32.3 Å². The zero-order valence-electron chi connectivity index (χ0n) is 16.1. The van der Waals surface area contributed by atoms with Gasteiger partial charge in [0.2, 0.25) is 0 Å². The maximum absolute atomic E-state index is 13.5. The summed E-state index contributed by atoms with van der Waals surface area (Å²) >= 11 is 0. The van der Waals surface area contributed by atoms with E-state index in [4.69, 9.17) is 0 Å². The van der Waals surface area contributed by atoms with Crippen LogP contribution in [0.25, 0.3) is 16.9 Å². The molecule has 0 aromatic carbocycles. The molecule has 160 valence electrons. The van der Waals surface area contributed by atoms with E-state index < -0.39 is 29.2 Å². The van der Waals surface area contributed by atoms with Gasteiger partial charge in [0.1, 0.15) is 11.9 Å². The van der Waals surface area contributed by atoms with Crippen LogP contribution in [0.4, 0.5) is 17.6 Å². The van der Waals surface area contributed by atoms with Gasteiger partial charge in [-0.3, -0.25) is 4.68 Å². The molecule has 31 heavy (non-hydrogen) atoms. The van der Waals surface area contributed by atoms with Gasteiger partial charge in [0, 0.05) is 17.3 Å². The van der Waals surface area contributed by atoms with Crippen LogP contribution in [0, 0.1) is 35.9 Å². The Morgan fingerprint density at radius 1 is 0.839 bits per heavy atom. The number of aromatic nitrogens is 5. The van der Waals surface area contributed by atoms with E-state index in [2.05, 4.69) is 32.2 Å². The minimum Gasteiger partial charge on any atom is -0.316 e. The average Bonchev–Trinajstić information content (AvgIpc) is 3.18. The molecule has 0 unspecified atom stereocenters. The van der Waals surface area contributed by atoms with E-state index >= 15 is 0 Å². The van der Waals surface area contributed by atoms with Crippen LogP contribution in [-0.4, -0.2) is 24.7 Å². The summed E-state index contributed by atoms with van der Waals surface area (Å²) in [5.41, 5.74) is 0.866. The largest absolute Gasteiger partial charge is 2.00 e. The van der Waals surface area contributed by atoms with Crippen molar-refractivity contribution in [3.05, 3.63) is 89.9 Å². The zero-order valence-corrected chi connectivity index (χ0v) is 18.4. The number of pyridine rings is 3. The smallest absolute Gasteiger partial charge is 0.316 e. The maximum Gasteiger partial charge on any atom is 2.00 e. The van der Waals surface area contributed by atoms with Gasteiger partial charge in [-0.15, -0.1) is 18.2 Å². The van der Waals surface area contributed by atoms with Crippen LogP contribution in [0.3, 0.4) is 0 Å². The Kier molecular flexibility index (Phi) is 6.36. The van der Waals surface area contributed by atoms with Crippen molar-refractivity contribution < 1.29 is 38.6 Å². The van der Waals surface area contributed by atoms with Gasteiger partial charge in [-0.1, -0.05) is 17.8 Å². The Morgan fingerprint density at radius 3 is 2.19 bits per heavy atom. The summed E-state index contributed by atoms with van der Waals surface area (Å²) in [5, 5.41) is 4.39. The second kappa shape index (κ2) is 8.67. The van der Waals surface area contributed by atoms with Gasteiger partial charge < -0.3 is 4.98 Å². The molecule has 4 aromatic heterocycles. The monoisotopic (exact) mass is 606 g/mol. The van der Waals surface area contributed by atoms with Crippen molar-refractivity contribution in [2.75, 3.05) is 0 Å². The second-order valence-corrected chi connectivity index (χ2v) is 6.97. The van der Waals surface area contributed by atoms with Crippen LogP contribution in [0.2, 0.25) is 0 Å². The fourth-order valence-corrected chi connectivity index (χ4v) is 2.95. The number of hydrogen-bond donors (Lipinski definition) is 0. The van der Waals surface area contributed by atoms with E-state index in [1.54, 1.807) is 24.3 Å². The molecule has 0 aliphatic rings. The molecule has 0 aliphatic carbocycles. The molecule has 4 heterocycles. The Labute approximate surface area is 189 Å². The van der Waals surface area contributed by atoms with E-state index in [0.29, 0.717) is 17.1 Å². The molecule has 0 aliphatic heterocycles. The van der Waals surface area contributed by atoms with Crippen molar-refractivity contribution in [1.29, 1.82) is 0 Å². The molecule has 0 bridgehead atoms. The first-order valence-corrected chi connectivity index (χ1v) is 8.77. The van der Waals surface area contributed by atoms with Crippen LogP contribution < -0.4 is 0 Å². The predicted octanol–water partition coefficient (Wildman–Crippen LogP) is 4.20. The normalized spacial score (nSPS) is 11.3. The Balaban J connectivity index is 0.00000272. The van der Waals surface area contributed by atoms with E-state index in [1.807, 2.05) is 13.8 Å². The number of halogens is 4. The van der Waals surface area contributed by atoms with Crippen molar-refractivity contribution >= 4 is 0 Å². The molecule has 0 N–H and O–H groups in total. The maximum atomic E-state index is 13.5. The van der Waals surface area contributed by atoms with Crippen molar-refractivity contribution in [1.82, 2.24) is 24.7 Å². The fraction of sp³-hybridized carbons (Fsp3) is 0.143. The minimum atomic E-state index is -1.08. The first-order valence-electron chi connectivity index (χ1n) is 8.77. The quantitative estimate of drug-likeness (QED) is 0.199. The second-order valence-electron chi connectivity index (χ2n) is 6.97. The molecule has 0 atom stereocenters. The van der Waals surface area contributed by atoms with E-state index in [1.165, 1.54) is 10.9 Å². The van der Waals surface area contributed by atoms with E-state index in [0.717, 1.165) is 12.1 Å². The summed E-state index contributed by atoms with van der Waals surface area (Å²) in [6, 6.07) is 13.4. The molecule has 0 spiro atoms. The molecular formula is C21H13F4N5Pt. The number of hydrogen-bond acceptors (Lipinski definition) is 4. The van der Waals surface area contributed by atoms with Crippen molar-refractivity contribution in [3.63, 3.8) is 0 Å². The van der Waals surface area contributed by atoms with Gasteiger partial charge >= 0.3 is 21.1 Å². The molecule has 4 aromatic rings. The summed E-state index contributed by atoms with van der Waals surface area (Å²) in [7, 11) is 0. The molecule has 0 fully saturated rings. The van der Waals surface area contributed by atoms with Gasteiger partial charge in [-0.05, 0) is 31.7 Å². The topological polar surface area (TPSA) is 56.5 Å². The Hall–Kier alpha value is -2.93. The van der Waals surface area contributed by atoms with Crippen molar-refractivity contribution in [2.45, 2.75) is 19.3 Å². The van der Waals surface area contributed by atoms with Crippen LogP contribution >= 0.6 is 0 Å². The zero-order chi connectivity index (χ0) is 21.5. The molecule has 0 amide bonds. The predicted molar refractivity (Wildman–Crippen MR) is 98.5 cm³/mol. The van der Waals surface area contributed by atoms with Gasteiger partial charge in [0.25, 0.3) is 0 Å². The Morgan fingerprint density at radius 2 is 1.52 bits per heavy atom. The molecular weight excluding hydrogens is 593 g/mol.